The van der Waals surface area contributed by atoms with E-state index in [-0.39, 0.29) is 11.8 Å². The first kappa shape index (κ1) is 13.1. The molecule has 0 aromatic carbocycles. The predicted octanol–water partition coefficient (Wildman–Crippen LogP) is 2.21. The second-order valence-corrected chi connectivity index (χ2v) is 3.47. The van der Waals surface area contributed by atoms with Gasteiger partial charge in [-0.2, -0.15) is 0 Å². The molecule has 0 aliphatic rings. The minimum atomic E-state index is 0.0168. The third kappa shape index (κ3) is 3.87. The summed E-state index contributed by atoms with van der Waals surface area (Å²) >= 11 is 5.35. The number of halogens is 1. The van der Waals surface area contributed by atoms with Crippen LogP contribution in [0.25, 0.3) is 0 Å². The topological polar surface area (TPSA) is 52.1 Å². The molecule has 0 spiro atoms. The number of nitrogens with zero attached hydrogens (tertiary/aromatic N) is 2. The Labute approximate surface area is 100 Å². The SMILES string of the molecule is CCc1nccnc1C(=O)CCCOCCl. The normalized spacial score (nSPS) is 10.4. The first-order chi connectivity index (χ1) is 7.79. The van der Waals surface area contributed by atoms with Crippen LogP contribution in [-0.4, -0.2) is 28.4 Å². The fourth-order valence-electron chi connectivity index (χ4n) is 1.37. The molecule has 88 valence electrons. The van der Waals surface area contributed by atoms with E-state index in [1.807, 2.05) is 6.92 Å². The molecule has 0 amide bonds. The molecule has 0 fully saturated rings. The summed E-state index contributed by atoms with van der Waals surface area (Å²) < 4.78 is 4.95. The van der Waals surface area contributed by atoms with Gasteiger partial charge in [-0.1, -0.05) is 18.5 Å². The summed E-state index contributed by atoms with van der Waals surface area (Å²) in [4.78, 5) is 20.0. The molecule has 1 heterocycles. The highest BCUT2D eigenvalue weighted by molar-refractivity contribution is 6.17. The van der Waals surface area contributed by atoms with Crippen molar-refractivity contribution in [1.82, 2.24) is 9.97 Å². The maximum atomic E-state index is 11.8. The number of alkyl halides is 1. The molecule has 1 rings (SSSR count). The summed E-state index contributed by atoms with van der Waals surface area (Å²) in [5.74, 6) is 0.0168. The van der Waals surface area contributed by atoms with Gasteiger partial charge in [0.2, 0.25) is 0 Å². The number of Topliss-reactive ketones (excluding diaryl/α,β-unsaturated/α-hetero) is 1. The monoisotopic (exact) mass is 242 g/mol. The van der Waals surface area contributed by atoms with Crippen LogP contribution in [0.5, 0.6) is 0 Å². The minimum Gasteiger partial charge on any atom is -0.366 e. The molecule has 0 saturated carbocycles. The van der Waals surface area contributed by atoms with Gasteiger partial charge >= 0.3 is 0 Å². The van der Waals surface area contributed by atoms with Crippen LogP contribution in [0.2, 0.25) is 0 Å². The van der Waals surface area contributed by atoms with E-state index in [4.69, 9.17) is 16.3 Å². The lowest BCUT2D eigenvalue weighted by Crippen LogP contribution is -2.09. The van der Waals surface area contributed by atoms with Crippen LogP contribution in [0, 0.1) is 0 Å². The molecule has 4 nitrogen and oxygen atoms in total. The molecule has 1 aromatic rings. The van der Waals surface area contributed by atoms with Gasteiger partial charge in [0.1, 0.15) is 11.8 Å². The first-order valence-corrected chi connectivity index (χ1v) is 5.79. The highest BCUT2D eigenvalue weighted by Crippen LogP contribution is 2.07. The molecule has 0 atom stereocenters. The second-order valence-electron chi connectivity index (χ2n) is 3.25. The number of aryl methyl sites for hydroxylation is 1. The lowest BCUT2D eigenvalue weighted by molar-refractivity contribution is 0.0953. The lowest BCUT2D eigenvalue weighted by Gasteiger charge is -2.04. The van der Waals surface area contributed by atoms with E-state index >= 15 is 0 Å². The number of hydrogen-bond donors (Lipinski definition) is 0. The number of ether oxygens (including phenoxy) is 1. The molecule has 0 aliphatic carbocycles. The van der Waals surface area contributed by atoms with E-state index in [9.17, 15) is 4.79 Å². The van der Waals surface area contributed by atoms with Crippen molar-refractivity contribution in [2.75, 3.05) is 12.7 Å². The van der Waals surface area contributed by atoms with Gasteiger partial charge in [0.15, 0.2) is 5.78 Å². The van der Waals surface area contributed by atoms with Crippen molar-refractivity contribution >= 4 is 17.4 Å². The Morgan fingerprint density at radius 3 is 2.88 bits per heavy atom. The van der Waals surface area contributed by atoms with E-state index in [0.29, 0.717) is 31.6 Å². The van der Waals surface area contributed by atoms with Crippen molar-refractivity contribution in [1.29, 1.82) is 0 Å². The largest absolute Gasteiger partial charge is 0.366 e. The average molecular weight is 243 g/mol. The quantitative estimate of drug-likeness (QED) is 0.418. The Bertz CT molecular complexity index is 345. The maximum absolute atomic E-state index is 11.8. The summed E-state index contributed by atoms with van der Waals surface area (Å²) in [5, 5.41) is 0. The number of aromatic nitrogens is 2. The van der Waals surface area contributed by atoms with Gasteiger partial charge in [-0.25, -0.2) is 4.98 Å². The number of carbonyl (C=O) groups excluding carboxylic acids is 1. The standard InChI is InChI=1S/C11H15ClN2O2/c1-2-9-11(14-6-5-13-9)10(15)4-3-7-16-8-12/h5-6H,2-4,7-8H2,1H3. The molecule has 0 radical (unpaired) electrons. The fourth-order valence-corrected chi connectivity index (χ4v) is 1.48. The van der Waals surface area contributed by atoms with Crippen LogP contribution in [-0.2, 0) is 11.2 Å². The Kier molecular flexibility index (Phi) is 5.96. The van der Waals surface area contributed by atoms with Crippen molar-refractivity contribution in [3.05, 3.63) is 23.8 Å². The number of rotatable bonds is 7. The summed E-state index contributed by atoms with van der Waals surface area (Å²) in [6.45, 7) is 2.45. The Morgan fingerprint density at radius 2 is 2.19 bits per heavy atom. The molecule has 0 bridgehead atoms. The molecule has 16 heavy (non-hydrogen) atoms. The van der Waals surface area contributed by atoms with E-state index in [1.54, 1.807) is 12.4 Å². The van der Waals surface area contributed by atoms with Gasteiger partial charge in [-0.05, 0) is 12.8 Å². The minimum absolute atomic E-state index is 0.0168. The van der Waals surface area contributed by atoms with Crippen LogP contribution < -0.4 is 0 Å². The number of carbonyl (C=O) groups is 1. The van der Waals surface area contributed by atoms with Crippen molar-refractivity contribution < 1.29 is 9.53 Å². The van der Waals surface area contributed by atoms with E-state index in [0.717, 1.165) is 5.69 Å². The molecule has 5 heteroatoms. The van der Waals surface area contributed by atoms with E-state index in [2.05, 4.69) is 9.97 Å². The zero-order valence-corrected chi connectivity index (χ0v) is 10.0. The van der Waals surface area contributed by atoms with Crippen LogP contribution in [0.15, 0.2) is 12.4 Å². The molecule has 0 N–H and O–H groups in total. The van der Waals surface area contributed by atoms with Crippen molar-refractivity contribution in [3.8, 4) is 0 Å². The molecule has 0 aliphatic heterocycles. The van der Waals surface area contributed by atoms with Crippen molar-refractivity contribution in [2.24, 2.45) is 0 Å². The van der Waals surface area contributed by atoms with Gasteiger partial charge in [0.05, 0.1) is 5.69 Å². The van der Waals surface area contributed by atoms with Crippen LogP contribution in [0.1, 0.15) is 35.9 Å². The Hall–Kier alpha value is -1.00. The zero-order chi connectivity index (χ0) is 11.8. The third-order valence-electron chi connectivity index (χ3n) is 2.14. The molecule has 1 aromatic heterocycles. The fraction of sp³-hybridized carbons (Fsp3) is 0.545. The molecular formula is C11H15ClN2O2. The van der Waals surface area contributed by atoms with E-state index in [1.165, 1.54) is 0 Å². The Morgan fingerprint density at radius 1 is 1.44 bits per heavy atom. The first-order valence-electron chi connectivity index (χ1n) is 5.26. The van der Waals surface area contributed by atoms with E-state index < -0.39 is 0 Å². The average Bonchev–Trinajstić information content (AvgIpc) is 2.34. The highest BCUT2D eigenvalue weighted by atomic mass is 35.5. The Balaban J connectivity index is 2.52. The second kappa shape index (κ2) is 7.30. The molecule has 0 saturated heterocycles. The predicted molar refractivity (Wildman–Crippen MR) is 61.6 cm³/mol. The lowest BCUT2D eigenvalue weighted by atomic mass is 10.1. The van der Waals surface area contributed by atoms with Gasteiger partial charge in [0, 0.05) is 25.4 Å². The van der Waals surface area contributed by atoms with Crippen LogP contribution in [0.3, 0.4) is 0 Å². The van der Waals surface area contributed by atoms with Crippen LogP contribution in [0.4, 0.5) is 0 Å². The van der Waals surface area contributed by atoms with Gasteiger partial charge < -0.3 is 4.74 Å². The molecule has 0 unspecified atom stereocenters. The highest BCUT2D eigenvalue weighted by Gasteiger charge is 2.12. The van der Waals surface area contributed by atoms with Crippen molar-refractivity contribution in [2.45, 2.75) is 26.2 Å². The van der Waals surface area contributed by atoms with Gasteiger partial charge in [-0.3, -0.25) is 9.78 Å². The zero-order valence-electron chi connectivity index (χ0n) is 9.28. The summed E-state index contributed by atoms with van der Waals surface area (Å²) in [6.07, 6.45) is 4.94. The smallest absolute Gasteiger partial charge is 0.183 e. The number of ketones is 1. The summed E-state index contributed by atoms with van der Waals surface area (Å²) in [6, 6.07) is 0.166. The third-order valence-corrected chi connectivity index (χ3v) is 2.30. The van der Waals surface area contributed by atoms with Gasteiger partial charge in [0.25, 0.3) is 0 Å². The van der Waals surface area contributed by atoms with Crippen LogP contribution >= 0.6 is 11.6 Å². The van der Waals surface area contributed by atoms with Crippen molar-refractivity contribution in [3.63, 3.8) is 0 Å². The molecular weight excluding hydrogens is 228 g/mol. The maximum Gasteiger partial charge on any atom is 0.183 e. The summed E-state index contributed by atoms with van der Waals surface area (Å²) in [5.41, 5.74) is 1.24. The van der Waals surface area contributed by atoms with Gasteiger partial charge in [-0.15, -0.1) is 0 Å². The summed E-state index contributed by atoms with van der Waals surface area (Å²) in [7, 11) is 0. The number of hydrogen-bond acceptors (Lipinski definition) is 4.